The van der Waals surface area contributed by atoms with E-state index in [0.717, 1.165) is 49.2 Å². The van der Waals surface area contributed by atoms with Crippen molar-refractivity contribution in [2.45, 2.75) is 5.32 Å². The Morgan fingerprint density at radius 2 is 0.977 bits per heavy atom. The van der Waals surface area contributed by atoms with Crippen molar-refractivity contribution < 1.29 is 9.59 Å². The van der Waals surface area contributed by atoms with Crippen LogP contribution in [0.25, 0.3) is 43.6 Å². The van der Waals surface area contributed by atoms with Crippen molar-refractivity contribution in [2.24, 2.45) is 4.99 Å². The monoisotopic (exact) mass is 624 g/mol. The Bertz CT molecular complexity index is 2110. The van der Waals surface area contributed by atoms with Crippen LogP contribution in [0.3, 0.4) is 0 Å². The van der Waals surface area contributed by atoms with Crippen molar-refractivity contribution in [3.8, 4) is 0 Å². The molecule has 1 N–H and O–H groups in total. The van der Waals surface area contributed by atoms with E-state index in [1.54, 1.807) is 0 Å². The van der Waals surface area contributed by atoms with Gasteiger partial charge in [0.25, 0.3) is 0 Å². The van der Waals surface area contributed by atoms with Gasteiger partial charge in [-0.05, 0) is 0 Å². The van der Waals surface area contributed by atoms with Gasteiger partial charge in [-0.3, -0.25) is 0 Å². The van der Waals surface area contributed by atoms with Crippen LogP contribution in [0.4, 0.5) is 0 Å². The third kappa shape index (κ3) is 5.28. The molecule has 0 unspecified atom stereocenters. The summed E-state index contributed by atoms with van der Waals surface area (Å²) in [6.45, 7) is 0. The molecule has 0 bridgehead atoms. The number of carbonyl (C=O) groups excluding carboxylic acids is 2. The third-order valence-electron chi connectivity index (χ3n) is 7.26. The molecule has 2 aromatic heterocycles. The molecule has 5 aromatic carbocycles. The zero-order valence-electron chi connectivity index (χ0n) is 22.9. The maximum atomic E-state index is 14.1. The number of carbonyl (C=O) groups is 2. The van der Waals surface area contributed by atoms with E-state index in [9.17, 15) is 9.59 Å². The SMILES string of the molecule is O=C(N=C(NC(=O)c1c2ccccc2nc2ccccc12)[Se]Cc1ccccc1)c1c2ccccc2nc2ccccc12. The summed E-state index contributed by atoms with van der Waals surface area (Å²) in [5.74, 6) is -0.731. The molecule has 0 aliphatic rings. The first-order valence-electron chi connectivity index (χ1n) is 13.8. The fourth-order valence-electron chi connectivity index (χ4n) is 5.28. The van der Waals surface area contributed by atoms with Gasteiger partial charge in [0.05, 0.1) is 0 Å². The number of amidine groups is 1. The zero-order chi connectivity index (χ0) is 29.2. The van der Waals surface area contributed by atoms with Gasteiger partial charge in [0.1, 0.15) is 0 Å². The van der Waals surface area contributed by atoms with Gasteiger partial charge in [0.15, 0.2) is 0 Å². The Kier molecular flexibility index (Phi) is 7.17. The predicted molar refractivity (Wildman–Crippen MR) is 174 cm³/mol. The molecule has 206 valence electrons. The quantitative estimate of drug-likeness (QED) is 0.0977. The standard InChI is InChI=1S/C36H24N4O2Se/c41-34(32-24-14-4-8-18-28(24)37-29-19-9-5-15-25(29)32)39-36(43-22-23-12-2-1-3-13-23)40-35(42)33-26-16-6-10-20-30(26)38-31-21-11-7-17-27(31)33/h1-21H,22H2,(H,39,40,41,42). The number of aliphatic imine (C=N–C) groups is 1. The molecule has 0 fully saturated rings. The van der Waals surface area contributed by atoms with Gasteiger partial charge in [-0.1, -0.05) is 0 Å². The van der Waals surface area contributed by atoms with Crippen LogP contribution in [0.1, 0.15) is 26.3 Å². The van der Waals surface area contributed by atoms with E-state index in [0.29, 0.717) is 21.2 Å². The minimum atomic E-state index is -0.413. The maximum absolute atomic E-state index is 14.1. The molecule has 7 rings (SSSR count). The number of hydrogen-bond acceptors (Lipinski definition) is 4. The average Bonchev–Trinajstić information content (AvgIpc) is 3.05. The number of aromatic nitrogens is 2. The summed E-state index contributed by atoms with van der Waals surface area (Å²) >= 11 is -0.343. The number of fused-ring (bicyclic) bond motifs is 4. The second kappa shape index (κ2) is 11.6. The van der Waals surface area contributed by atoms with Crippen molar-refractivity contribution in [3.05, 3.63) is 144 Å². The summed E-state index contributed by atoms with van der Waals surface area (Å²) in [5, 5.41) is 6.65. The average molecular weight is 624 g/mol. The van der Waals surface area contributed by atoms with Gasteiger partial charge in [0.2, 0.25) is 0 Å². The van der Waals surface area contributed by atoms with Crippen molar-refractivity contribution in [1.29, 1.82) is 0 Å². The molecule has 2 amide bonds. The Balaban J connectivity index is 1.34. The van der Waals surface area contributed by atoms with Crippen molar-refractivity contribution in [1.82, 2.24) is 15.3 Å². The summed E-state index contributed by atoms with van der Waals surface area (Å²) in [4.78, 5) is 42.3. The van der Waals surface area contributed by atoms with Gasteiger partial charge in [-0.25, -0.2) is 0 Å². The number of hydrogen-bond donors (Lipinski definition) is 1. The van der Waals surface area contributed by atoms with Crippen molar-refractivity contribution in [2.75, 3.05) is 0 Å². The first-order valence-corrected chi connectivity index (χ1v) is 15.9. The van der Waals surface area contributed by atoms with Crippen molar-refractivity contribution >= 4 is 75.1 Å². The Labute approximate surface area is 253 Å². The van der Waals surface area contributed by atoms with Crippen LogP contribution in [-0.4, -0.2) is 41.5 Å². The molecule has 0 radical (unpaired) electrons. The van der Waals surface area contributed by atoms with Crippen LogP contribution >= 0.6 is 0 Å². The van der Waals surface area contributed by atoms with Crippen LogP contribution in [0.2, 0.25) is 0 Å². The fourth-order valence-corrected chi connectivity index (χ4v) is 6.98. The second-order valence-electron chi connectivity index (χ2n) is 9.99. The first kappa shape index (κ1) is 26.7. The molecular formula is C36H24N4O2Se. The van der Waals surface area contributed by atoms with Crippen LogP contribution in [0.5, 0.6) is 0 Å². The van der Waals surface area contributed by atoms with Gasteiger partial charge in [-0.2, -0.15) is 0 Å². The van der Waals surface area contributed by atoms with E-state index >= 15 is 0 Å². The fraction of sp³-hybridized carbons (Fsp3) is 0.0278. The molecular weight excluding hydrogens is 599 g/mol. The molecule has 43 heavy (non-hydrogen) atoms. The molecule has 7 aromatic rings. The van der Waals surface area contributed by atoms with E-state index in [1.165, 1.54) is 0 Å². The Morgan fingerprint density at radius 1 is 0.558 bits per heavy atom. The third-order valence-corrected chi connectivity index (χ3v) is 9.24. The molecule has 2 heterocycles. The number of nitrogens with one attached hydrogen (secondary N) is 1. The Hall–Kier alpha value is -5.23. The molecule has 0 spiro atoms. The van der Waals surface area contributed by atoms with Gasteiger partial charge < -0.3 is 0 Å². The molecule has 6 nitrogen and oxygen atoms in total. The van der Waals surface area contributed by atoms with Gasteiger partial charge in [-0.15, -0.1) is 0 Å². The van der Waals surface area contributed by atoms with Crippen LogP contribution < -0.4 is 5.32 Å². The summed E-state index contributed by atoms with van der Waals surface area (Å²) in [7, 11) is 0. The Morgan fingerprint density at radius 3 is 1.47 bits per heavy atom. The number of para-hydroxylation sites is 4. The molecule has 7 heteroatoms. The summed E-state index contributed by atoms with van der Waals surface area (Å²) in [6, 6.07) is 40.4. The normalized spacial score (nSPS) is 11.8. The van der Waals surface area contributed by atoms with Crippen LogP contribution in [0.15, 0.2) is 132 Å². The zero-order valence-corrected chi connectivity index (χ0v) is 24.6. The van der Waals surface area contributed by atoms with Gasteiger partial charge >= 0.3 is 254 Å². The summed E-state index contributed by atoms with van der Waals surface area (Å²) in [6.07, 6.45) is 0. The first-order chi connectivity index (χ1) is 21.2. The predicted octanol–water partition coefficient (Wildman–Crippen LogP) is 6.92. The van der Waals surface area contributed by atoms with E-state index in [2.05, 4.69) is 10.3 Å². The van der Waals surface area contributed by atoms with E-state index in [-0.39, 0.29) is 20.9 Å². The number of nitrogens with zero attached hydrogens (tertiary/aromatic N) is 3. The van der Waals surface area contributed by atoms with Crippen LogP contribution in [0, 0.1) is 0 Å². The molecule has 0 saturated heterocycles. The molecule has 0 aliphatic heterocycles. The minimum absolute atomic E-state index is 0.319. The number of amides is 2. The van der Waals surface area contributed by atoms with E-state index in [1.807, 2.05) is 127 Å². The summed E-state index contributed by atoms with van der Waals surface area (Å²) < 4.78 is 0.362. The van der Waals surface area contributed by atoms with E-state index in [4.69, 9.17) is 9.97 Å². The van der Waals surface area contributed by atoms with Crippen molar-refractivity contribution in [3.63, 3.8) is 0 Å². The summed E-state index contributed by atoms with van der Waals surface area (Å²) in [5.41, 5.74) is 4.98. The molecule has 0 aliphatic carbocycles. The second-order valence-corrected chi connectivity index (χ2v) is 12.0. The van der Waals surface area contributed by atoms with Gasteiger partial charge in [0, 0.05) is 0 Å². The van der Waals surface area contributed by atoms with E-state index < -0.39 is 5.91 Å². The molecule has 0 saturated carbocycles. The number of rotatable bonds is 5. The number of benzene rings is 5. The topological polar surface area (TPSA) is 84.3 Å². The molecule has 0 atom stereocenters. The number of pyridine rings is 2. The van der Waals surface area contributed by atoms with Crippen LogP contribution in [-0.2, 0) is 5.32 Å².